The normalized spacial score (nSPS) is 13.7. The zero-order valence-corrected chi connectivity index (χ0v) is 14.2. The first-order valence-electron chi connectivity index (χ1n) is 8.06. The van der Waals surface area contributed by atoms with E-state index in [2.05, 4.69) is 5.32 Å². The third kappa shape index (κ3) is 3.57. The van der Waals surface area contributed by atoms with Gasteiger partial charge in [-0.05, 0) is 48.9 Å². The summed E-state index contributed by atoms with van der Waals surface area (Å²) < 4.78 is 10.4. The Labute approximate surface area is 146 Å². The molecule has 3 rings (SSSR count). The van der Waals surface area contributed by atoms with E-state index < -0.39 is 0 Å². The van der Waals surface area contributed by atoms with Gasteiger partial charge in [-0.3, -0.25) is 9.59 Å². The van der Waals surface area contributed by atoms with Gasteiger partial charge in [0.2, 0.25) is 5.91 Å². The van der Waals surface area contributed by atoms with Crippen molar-refractivity contribution in [2.75, 3.05) is 31.0 Å². The molecule has 0 bridgehead atoms. The van der Waals surface area contributed by atoms with Crippen LogP contribution in [0, 0.1) is 0 Å². The number of anilines is 2. The minimum atomic E-state index is -0.291. The molecular weight excluding hydrogens is 320 g/mol. The molecular formula is C19H20N2O4. The fraction of sp³-hybridized carbons (Fsp3) is 0.263. The molecule has 130 valence electrons. The molecule has 1 aliphatic heterocycles. The lowest BCUT2D eigenvalue weighted by molar-refractivity contribution is -0.117. The van der Waals surface area contributed by atoms with Gasteiger partial charge in [-0.25, -0.2) is 0 Å². The third-order valence-electron chi connectivity index (χ3n) is 4.16. The van der Waals surface area contributed by atoms with Gasteiger partial charge in [0.05, 0.1) is 19.8 Å². The van der Waals surface area contributed by atoms with Crippen molar-refractivity contribution in [2.45, 2.75) is 12.8 Å². The van der Waals surface area contributed by atoms with Crippen molar-refractivity contribution < 1.29 is 19.1 Å². The second-order valence-corrected chi connectivity index (χ2v) is 5.72. The monoisotopic (exact) mass is 340 g/mol. The SMILES string of the molecule is COc1ccc(OC)c(C(=O)Nc2ccc(N3CCCC3=O)cc2)c1. The van der Waals surface area contributed by atoms with E-state index in [9.17, 15) is 9.59 Å². The number of carbonyl (C=O) groups excluding carboxylic acids is 2. The molecule has 1 N–H and O–H groups in total. The van der Waals surface area contributed by atoms with Crippen LogP contribution in [0.4, 0.5) is 11.4 Å². The van der Waals surface area contributed by atoms with E-state index in [0.29, 0.717) is 29.2 Å². The van der Waals surface area contributed by atoms with Crippen molar-refractivity contribution in [3.8, 4) is 11.5 Å². The predicted octanol–water partition coefficient (Wildman–Crippen LogP) is 3.08. The average Bonchev–Trinajstić information content (AvgIpc) is 3.07. The number of rotatable bonds is 5. The molecule has 0 atom stereocenters. The summed E-state index contributed by atoms with van der Waals surface area (Å²) in [4.78, 5) is 26.1. The summed E-state index contributed by atoms with van der Waals surface area (Å²) in [6.45, 7) is 0.742. The van der Waals surface area contributed by atoms with Crippen LogP contribution in [0.2, 0.25) is 0 Å². The average molecular weight is 340 g/mol. The number of nitrogens with zero attached hydrogens (tertiary/aromatic N) is 1. The maximum atomic E-state index is 12.5. The fourth-order valence-electron chi connectivity index (χ4n) is 2.84. The van der Waals surface area contributed by atoms with Crippen LogP contribution in [0.15, 0.2) is 42.5 Å². The van der Waals surface area contributed by atoms with E-state index in [-0.39, 0.29) is 11.8 Å². The Morgan fingerprint density at radius 3 is 2.44 bits per heavy atom. The summed E-state index contributed by atoms with van der Waals surface area (Å²) in [5, 5.41) is 2.84. The van der Waals surface area contributed by atoms with E-state index in [1.807, 2.05) is 12.1 Å². The maximum Gasteiger partial charge on any atom is 0.259 e. The lowest BCUT2D eigenvalue weighted by atomic mass is 10.1. The Balaban J connectivity index is 1.76. The molecule has 1 heterocycles. The van der Waals surface area contributed by atoms with Crippen molar-refractivity contribution in [1.29, 1.82) is 0 Å². The maximum absolute atomic E-state index is 12.5. The minimum absolute atomic E-state index is 0.137. The Morgan fingerprint density at radius 2 is 1.84 bits per heavy atom. The molecule has 0 radical (unpaired) electrons. The van der Waals surface area contributed by atoms with Gasteiger partial charge < -0.3 is 19.7 Å². The molecule has 0 aromatic heterocycles. The lowest BCUT2D eigenvalue weighted by Crippen LogP contribution is -2.23. The number of nitrogens with one attached hydrogen (secondary N) is 1. The molecule has 0 saturated carbocycles. The van der Waals surface area contributed by atoms with Crippen molar-refractivity contribution in [3.63, 3.8) is 0 Å². The number of ether oxygens (including phenoxy) is 2. The van der Waals surface area contributed by atoms with Gasteiger partial charge >= 0.3 is 0 Å². The number of carbonyl (C=O) groups is 2. The highest BCUT2D eigenvalue weighted by atomic mass is 16.5. The van der Waals surface area contributed by atoms with E-state index in [4.69, 9.17) is 9.47 Å². The smallest absolute Gasteiger partial charge is 0.259 e. The Bertz CT molecular complexity index is 787. The first-order chi connectivity index (χ1) is 12.1. The topological polar surface area (TPSA) is 67.9 Å². The molecule has 0 unspecified atom stereocenters. The predicted molar refractivity (Wildman–Crippen MR) is 95.5 cm³/mol. The molecule has 1 saturated heterocycles. The first kappa shape index (κ1) is 16.8. The second-order valence-electron chi connectivity index (χ2n) is 5.72. The summed E-state index contributed by atoms with van der Waals surface area (Å²) in [6.07, 6.45) is 1.47. The van der Waals surface area contributed by atoms with E-state index in [1.165, 1.54) is 7.11 Å². The van der Waals surface area contributed by atoms with Gasteiger partial charge in [-0.1, -0.05) is 0 Å². The van der Waals surface area contributed by atoms with Crippen molar-refractivity contribution in [1.82, 2.24) is 0 Å². The number of amides is 2. The summed E-state index contributed by atoms with van der Waals surface area (Å²) in [7, 11) is 3.06. The molecule has 1 fully saturated rings. The quantitative estimate of drug-likeness (QED) is 0.908. The Kier molecular flexibility index (Phi) is 4.88. The molecule has 2 aromatic rings. The Morgan fingerprint density at radius 1 is 1.08 bits per heavy atom. The van der Waals surface area contributed by atoms with Crippen molar-refractivity contribution in [2.24, 2.45) is 0 Å². The molecule has 2 aromatic carbocycles. The van der Waals surface area contributed by atoms with E-state index in [1.54, 1.807) is 42.3 Å². The summed E-state index contributed by atoms with van der Waals surface area (Å²) in [6, 6.07) is 12.3. The summed E-state index contributed by atoms with van der Waals surface area (Å²) in [5.74, 6) is 0.894. The number of hydrogen-bond donors (Lipinski definition) is 1. The largest absolute Gasteiger partial charge is 0.497 e. The molecule has 25 heavy (non-hydrogen) atoms. The highest BCUT2D eigenvalue weighted by Gasteiger charge is 2.21. The molecule has 6 nitrogen and oxygen atoms in total. The zero-order chi connectivity index (χ0) is 17.8. The van der Waals surface area contributed by atoms with Crippen molar-refractivity contribution >= 4 is 23.2 Å². The Hall–Kier alpha value is -3.02. The van der Waals surface area contributed by atoms with E-state index >= 15 is 0 Å². The zero-order valence-electron chi connectivity index (χ0n) is 14.2. The third-order valence-corrected chi connectivity index (χ3v) is 4.16. The lowest BCUT2D eigenvalue weighted by Gasteiger charge is -2.16. The molecule has 2 amide bonds. The summed E-state index contributed by atoms with van der Waals surface area (Å²) in [5.41, 5.74) is 1.88. The molecule has 6 heteroatoms. The minimum Gasteiger partial charge on any atom is -0.497 e. The number of hydrogen-bond acceptors (Lipinski definition) is 4. The van der Waals surface area contributed by atoms with Crippen LogP contribution in [0.3, 0.4) is 0 Å². The van der Waals surface area contributed by atoms with Gasteiger partial charge in [0.15, 0.2) is 0 Å². The van der Waals surface area contributed by atoms with Crippen molar-refractivity contribution in [3.05, 3.63) is 48.0 Å². The van der Waals surface area contributed by atoms with Crippen LogP contribution < -0.4 is 19.7 Å². The summed E-state index contributed by atoms with van der Waals surface area (Å²) >= 11 is 0. The number of methoxy groups -OCH3 is 2. The highest BCUT2D eigenvalue weighted by molar-refractivity contribution is 6.06. The number of benzene rings is 2. The van der Waals surface area contributed by atoms with Gasteiger partial charge in [0, 0.05) is 24.3 Å². The second kappa shape index (κ2) is 7.25. The first-order valence-corrected chi connectivity index (χ1v) is 8.06. The van der Waals surface area contributed by atoms with Gasteiger partial charge in [-0.2, -0.15) is 0 Å². The molecule has 0 aliphatic carbocycles. The van der Waals surface area contributed by atoms with Gasteiger partial charge in [-0.15, -0.1) is 0 Å². The van der Waals surface area contributed by atoms with Gasteiger partial charge in [0.1, 0.15) is 11.5 Å². The van der Waals surface area contributed by atoms with Crippen LogP contribution in [-0.4, -0.2) is 32.6 Å². The van der Waals surface area contributed by atoms with Crippen LogP contribution in [-0.2, 0) is 4.79 Å². The fourth-order valence-corrected chi connectivity index (χ4v) is 2.84. The molecule has 1 aliphatic rings. The van der Waals surface area contributed by atoms with Gasteiger partial charge in [0.25, 0.3) is 5.91 Å². The van der Waals surface area contributed by atoms with Crippen LogP contribution in [0.25, 0.3) is 0 Å². The van der Waals surface area contributed by atoms with Crippen LogP contribution >= 0.6 is 0 Å². The van der Waals surface area contributed by atoms with E-state index in [0.717, 1.165) is 18.7 Å². The van der Waals surface area contributed by atoms with Crippen LogP contribution in [0.5, 0.6) is 11.5 Å². The highest BCUT2D eigenvalue weighted by Crippen LogP contribution is 2.26. The standard InChI is InChI=1S/C19H20N2O4/c1-24-15-9-10-17(25-2)16(12-15)19(23)20-13-5-7-14(8-6-13)21-11-3-4-18(21)22/h5-10,12H,3-4,11H2,1-2H3,(H,20,23). The molecule has 0 spiro atoms. The van der Waals surface area contributed by atoms with Crippen LogP contribution in [0.1, 0.15) is 23.2 Å².